The predicted molar refractivity (Wildman–Crippen MR) is 109 cm³/mol. The fourth-order valence-electron chi connectivity index (χ4n) is 3.61. The van der Waals surface area contributed by atoms with E-state index in [9.17, 15) is 16.8 Å². The van der Waals surface area contributed by atoms with Crippen molar-refractivity contribution in [3.8, 4) is 22.5 Å². The molecule has 4 heterocycles. The van der Waals surface area contributed by atoms with Crippen molar-refractivity contribution in [3.05, 3.63) is 42.9 Å². The number of aromatic amines is 1. The Morgan fingerprint density at radius 2 is 1.81 bits per heavy atom. The first kappa shape index (κ1) is 19.7. The van der Waals surface area contributed by atoms with Crippen molar-refractivity contribution in [1.29, 1.82) is 0 Å². The molecule has 12 nitrogen and oxygen atoms in total. The van der Waals surface area contributed by atoms with Crippen LogP contribution in [0.4, 0.5) is 0 Å². The summed E-state index contributed by atoms with van der Waals surface area (Å²) in [5.41, 5.74) is 0.923. The van der Waals surface area contributed by atoms with Crippen LogP contribution in [0.2, 0.25) is 0 Å². The number of imidazole rings is 1. The van der Waals surface area contributed by atoms with Crippen LogP contribution in [0.1, 0.15) is 0 Å². The van der Waals surface area contributed by atoms with E-state index in [4.69, 9.17) is 5.14 Å². The summed E-state index contributed by atoms with van der Waals surface area (Å²) in [5, 5.41) is 21.2. The van der Waals surface area contributed by atoms with Gasteiger partial charge in [-0.05, 0) is 34.7 Å². The van der Waals surface area contributed by atoms with Crippen LogP contribution in [-0.4, -0.2) is 65.2 Å². The summed E-state index contributed by atoms with van der Waals surface area (Å²) in [4.78, 5) is 3.97. The van der Waals surface area contributed by atoms with Gasteiger partial charge in [-0.1, -0.05) is 0 Å². The first-order chi connectivity index (χ1) is 14.8. The number of sulfonamides is 1. The van der Waals surface area contributed by atoms with Crippen molar-refractivity contribution in [2.24, 2.45) is 5.14 Å². The van der Waals surface area contributed by atoms with E-state index in [2.05, 4.69) is 30.9 Å². The molecule has 0 unspecified atom stereocenters. The number of rotatable bonds is 5. The summed E-state index contributed by atoms with van der Waals surface area (Å²) >= 11 is 0. The molecule has 4 aromatic rings. The Morgan fingerprint density at radius 1 is 1.03 bits per heavy atom. The molecule has 0 bridgehead atoms. The highest BCUT2D eigenvalue weighted by molar-refractivity contribution is 7.92. The van der Waals surface area contributed by atoms with Crippen molar-refractivity contribution >= 4 is 25.5 Å². The normalized spacial score (nSPS) is 15.3. The number of nitrogens with one attached hydrogen (secondary N) is 2. The third-order valence-electron chi connectivity index (χ3n) is 5.20. The molecule has 4 N–H and O–H groups in total. The number of pyridine rings is 1. The highest BCUT2D eigenvalue weighted by Gasteiger charge is 2.37. The van der Waals surface area contributed by atoms with Gasteiger partial charge in [-0.25, -0.2) is 32.1 Å². The summed E-state index contributed by atoms with van der Waals surface area (Å²) in [6, 6.07) is 5.80. The summed E-state index contributed by atoms with van der Waals surface area (Å²) < 4.78 is 53.5. The van der Waals surface area contributed by atoms with Gasteiger partial charge >= 0.3 is 0 Å². The van der Waals surface area contributed by atoms with E-state index in [1.54, 1.807) is 35.1 Å². The average Bonchev–Trinajstić information content (AvgIpc) is 3.35. The highest BCUT2D eigenvalue weighted by atomic mass is 32.2. The van der Waals surface area contributed by atoms with Crippen LogP contribution in [0.25, 0.3) is 28.2 Å². The van der Waals surface area contributed by atoms with Gasteiger partial charge in [0.15, 0.2) is 15.7 Å². The quantitative estimate of drug-likeness (QED) is 0.356. The molecule has 1 aliphatic rings. The lowest BCUT2D eigenvalue weighted by Crippen LogP contribution is -2.51. The smallest absolute Gasteiger partial charge is 0.238 e. The summed E-state index contributed by atoms with van der Waals surface area (Å²) in [6.07, 6.45) is 5.00. The number of primary sulfonamides is 1. The van der Waals surface area contributed by atoms with Gasteiger partial charge < -0.3 is 9.72 Å². The molecule has 1 fully saturated rings. The Balaban J connectivity index is 1.97. The van der Waals surface area contributed by atoms with Gasteiger partial charge in [0.2, 0.25) is 10.0 Å². The zero-order valence-corrected chi connectivity index (χ0v) is 17.4. The number of tetrazole rings is 1. The van der Waals surface area contributed by atoms with Crippen LogP contribution in [0.15, 0.2) is 52.6 Å². The number of nitrogens with two attached hydrogens (primary N) is 1. The summed E-state index contributed by atoms with van der Waals surface area (Å²) in [6.45, 7) is 0.594. The maximum Gasteiger partial charge on any atom is 0.238 e. The van der Waals surface area contributed by atoms with Crippen LogP contribution in [0.5, 0.6) is 0 Å². The van der Waals surface area contributed by atoms with E-state index < -0.39 is 25.1 Å². The number of H-pyrrole nitrogens is 1. The molecule has 1 aliphatic heterocycles. The molecule has 1 saturated heterocycles. The minimum absolute atomic E-state index is 0.0306. The summed E-state index contributed by atoms with van der Waals surface area (Å²) in [7, 11) is -8.08. The van der Waals surface area contributed by atoms with Crippen molar-refractivity contribution < 1.29 is 16.8 Å². The predicted octanol–water partition coefficient (Wildman–Crippen LogP) is -0.426. The standard InChI is InChI=1S/C17H16N8O4S2/c18-31(28,29)13-4-3-12(30(26,27)10-8-19-9-10)14(15(13)16-21-23-24-22-16)11-2-1-6-25-7-5-20-17(11)25/h1-7,10,19H,8-9H2,(H2,18,28,29)(H,21,22,23,24). The monoisotopic (exact) mass is 460 g/mol. The molecule has 31 heavy (non-hydrogen) atoms. The first-order valence-corrected chi connectivity index (χ1v) is 12.2. The minimum Gasteiger partial charge on any atom is -0.314 e. The van der Waals surface area contributed by atoms with Gasteiger partial charge in [0, 0.05) is 48.4 Å². The fraction of sp³-hybridized carbons (Fsp3) is 0.176. The molecule has 0 amide bonds. The number of sulfone groups is 1. The molecular weight excluding hydrogens is 444 g/mol. The SMILES string of the molecule is NS(=O)(=O)c1ccc(S(=O)(=O)C2CNC2)c(-c2cccn3ccnc23)c1-c1nnn[nH]1. The third-order valence-corrected chi connectivity index (χ3v) is 8.31. The summed E-state index contributed by atoms with van der Waals surface area (Å²) in [5.74, 6) is -0.0311. The molecule has 1 aromatic carbocycles. The van der Waals surface area contributed by atoms with Crippen LogP contribution in [0.3, 0.4) is 0 Å². The number of hydrogen-bond donors (Lipinski definition) is 3. The molecule has 3 aromatic heterocycles. The van der Waals surface area contributed by atoms with Crippen molar-refractivity contribution in [3.63, 3.8) is 0 Å². The number of aromatic nitrogens is 6. The highest BCUT2D eigenvalue weighted by Crippen LogP contribution is 2.42. The Kier molecular flexibility index (Phi) is 4.40. The maximum atomic E-state index is 13.5. The second kappa shape index (κ2) is 6.91. The molecule has 0 radical (unpaired) electrons. The lowest BCUT2D eigenvalue weighted by atomic mass is 9.99. The topological polar surface area (TPSA) is 178 Å². The largest absolute Gasteiger partial charge is 0.314 e. The molecule has 0 saturated carbocycles. The van der Waals surface area contributed by atoms with Crippen LogP contribution < -0.4 is 10.5 Å². The van der Waals surface area contributed by atoms with E-state index in [0.717, 1.165) is 0 Å². The average molecular weight is 461 g/mol. The van der Waals surface area contributed by atoms with Crippen molar-refractivity contribution in [1.82, 2.24) is 35.3 Å². The lowest BCUT2D eigenvalue weighted by Gasteiger charge is -2.28. The molecule has 14 heteroatoms. The number of benzene rings is 1. The fourth-order valence-corrected chi connectivity index (χ4v) is 6.14. The Labute approximate surface area is 176 Å². The van der Waals surface area contributed by atoms with Crippen LogP contribution in [-0.2, 0) is 19.9 Å². The van der Waals surface area contributed by atoms with E-state index in [1.807, 2.05) is 0 Å². The molecule has 160 valence electrons. The van der Waals surface area contributed by atoms with E-state index in [-0.39, 0.29) is 26.7 Å². The lowest BCUT2D eigenvalue weighted by molar-refractivity contribution is 0.495. The zero-order chi connectivity index (χ0) is 21.8. The van der Waals surface area contributed by atoms with Gasteiger partial charge in [-0.3, -0.25) is 0 Å². The van der Waals surface area contributed by atoms with Gasteiger partial charge in [0.25, 0.3) is 0 Å². The van der Waals surface area contributed by atoms with E-state index >= 15 is 0 Å². The zero-order valence-electron chi connectivity index (χ0n) is 15.8. The molecular formula is C17H16N8O4S2. The van der Waals surface area contributed by atoms with Gasteiger partial charge in [-0.2, -0.15) is 0 Å². The van der Waals surface area contributed by atoms with Gasteiger partial charge in [0.1, 0.15) is 5.65 Å². The second-order valence-electron chi connectivity index (χ2n) is 7.01. The molecule has 0 atom stereocenters. The minimum atomic E-state index is -4.25. The van der Waals surface area contributed by atoms with Crippen LogP contribution >= 0.6 is 0 Å². The maximum absolute atomic E-state index is 13.5. The Hall–Kier alpha value is -3.20. The van der Waals surface area contributed by atoms with Crippen LogP contribution in [0, 0.1) is 0 Å². The molecule has 0 spiro atoms. The third kappa shape index (κ3) is 3.11. The van der Waals surface area contributed by atoms with Gasteiger partial charge in [0.05, 0.1) is 15.0 Å². The molecule has 0 aliphatic carbocycles. The van der Waals surface area contributed by atoms with Crippen molar-refractivity contribution in [2.45, 2.75) is 15.0 Å². The second-order valence-corrected chi connectivity index (χ2v) is 10.7. The Morgan fingerprint density at radius 3 is 2.45 bits per heavy atom. The number of hydrogen-bond acceptors (Lipinski definition) is 9. The first-order valence-electron chi connectivity index (χ1n) is 9.09. The van der Waals surface area contributed by atoms with Crippen molar-refractivity contribution in [2.75, 3.05) is 13.1 Å². The van der Waals surface area contributed by atoms with Gasteiger partial charge in [-0.15, -0.1) is 5.10 Å². The molecule has 5 rings (SSSR count). The number of fused-ring (bicyclic) bond motifs is 1. The number of nitrogens with zero attached hydrogens (tertiary/aromatic N) is 5. The van der Waals surface area contributed by atoms with E-state index in [0.29, 0.717) is 24.3 Å². The van der Waals surface area contributed by atoms with E-state index in [1.165, 1.54) is 12.1 Å². The Bertz CT molecular complexity index is 1510.